The Morgan fingerprint density at radius 2 is 1.86 bits per heavy atom. The number of carbonyl (C=O) groups excluding carboxylic acids is 1. The van der Waals surface area contributed by atoms with Gasteiger partial charge in [0.25, 0.3) is 0 Å². The molecule has 0 saturated carbocycles. The van der Waals surface area contributed by atoms with E-state index in [1.807, 2.05) is 17.0 Å². The maximum Gasteiger partial charge on any atom is 0.222 e. The zero-order valence-corrected chi connectivity index (χ0v) is 14.8. The van der Waals surface area contributed by atoms with Crippen molar-refractivity contribution in [3.8, 4) is 0 Å². The number of carbonyl (C=O) groups is 1. The topological polar surface area (TPSA) is 23.6 Å². The molecule has 0 unspecified atom stereocenters. The summed E-state index contributed by atoms with van der Waals surface area (Å²) in [4.78, 5) is 16.4. The average Bonchev–Trinajstić information content (AvgIpc) is 2.46. The first-order valence-corrected chi connectivity index (χ1v) is 8.65. The van der Waals surface area contributed by atoms with Crippen molar-refractivity contribution in [2.24, 2.45) is 5.92 Å². The summed E-state index contributed by atoms with van der Waals surface area (Å²) < 4.78 is 0. The molecule has 2 rings (SSSR count). The Morgan fingerprint density at radius 1 is 1.18 bits per heavy atom. The molecule has 1 saturated heterocycles. The number of halogens is 2. The largest absolute Gasteiger partial charge is 0.340 e. The lowest BCUT2D eigenvalue weighted by Gasteiger charge is -2.35. The summed E-state index contributed by atoms with van der Waals surface area (Å²) in [5, 5.41) is 1.41. The highest BCUT2D eigenvalue weighted by molar-refractivity contribution is 6.35. The van der Waals surface area contributed by atoms with E-state index in [0.717, 1.165) is 49.7 Å². The quantitative estimate of drug-likeness (QED) is 0.813. The van der Waals surface area contributed by atoms with Crippen molar-refractivity contribution < 1.29 is 4.79 Å². The summed E-state index contributed by atoms with van der Waals surface area (Å²) in [7, 11) is 0. The Kier molecular flexibility index (Phi) is 6.54. The van der Waals surface area contributed by atoms with Crippen LogP contribution in [0.2, 0.25) is 10.0 Å². The van der Waals surface area contributed by atoms with Gasteiger partial charge in [0.05, 0.1) is 0 Å². The Morgan fingerprint density at radius 3 is 2.45 bits per heavy atom. The van der Waals surface area contributed by atoms with Crippen LogP contribution in [0, 0.1) is 5.92 Å². The highest BCUT2D eigenvalue weighted by Crippen LogP contribution is 2.21. The van der Waals surface area contributed by atoms with Gasteiger partial charge in [-0.2, -0.15) is 0 Å². The van der Waals surface area contributed by atoms with E-state index in [1.54, 1.807) is 6.07 Å². The molecule has 0 aliphatic carbocycles. The fraction of sp³-hybridized carbons (Fsp3) is 0.588. The minimum atomic E-state index is 0.287. The molecule has 0 aromatic heterocycles. The number of benzene rings is 1. The second-order valence-electron chi connectivity index (χ2n) is 6.31. The third kappa shape index (κ3) is 5.15. The van der Waals surface area contributed by atoms with E-state index in [1.165, 1.54) is 0 Å². The summed E-state index contributed by atoms with van der Waals surface area (Å²) in [6.45, 7) is 8.69. The van der Waals surface area contributed by atoms with Crippen LogP contribution in [0.15, 0.2) is 18.2 Å². The fourth-order valence-electron chi connectivity index (χ4n) is 2.70. The number of nitrogens with zero attached hydrogens (tertiary/aromatic N) is 2. The van der Waals surface area contributed by atoms with E-state index < -0.39 is 0 Å². The second-order valence-corrected chi connectivity index (χ2v) is 7.15. The third-order valence-electron chi connectivity index (χ3n) is 4.02. The van der Waals surface area contributed by atoms with Gasteiger partial charge in [-0.1, -0.05) is 43.1 Å². The molecule has 1 aromatic carbocycles. The first kappa shape index (κ1) is 17.6. The van der Waals surface area contributed by atoms with Crippen LogP contribution in [0.1, 0.15) is 25.8 Å². The van der Waals surface area contributed by atoms with Gasteiger partial charge in [-0.15, -0.1) is 0 Å². The van der Waals surface area contributed by atoms with Gasteiger partial charge in [-0.3, -0.25) is 9.69 Å². The molecule has 0 N–H and O–H groups in total. The van der Waals surface area contributed by atoms with Crippen molar-refractivity contribution in [2.75, 3.05) is 32.7 Å². The Labute approximate surface area is 143 Å². The van der Waals surface area contributed by atoms with E-state index in [0.29, 0.717) is 17.4 Å². The van der Waals surface area contributed by atoms with Gasteiger partial charge in [0, 0.05) is 49.2 Å². The molecule has 0 spiro atoms. The van der Waals surface area contributed by atoms with E-state index in [4.69, 9.17) is 23.2 Å². The van der Waals surface area contributed by atoms with Crippen LogP contribution in [0.3, 0.4) is 0 Å². The van der Waals surface area contributed by atoms with Gasteiger partial charge >= 0.3 is 0 Å². The van der Waals surface area contributed by atoms with Crippen LogP contribution in [0.5, 0.6) is 0 Å². The molecule has 1 aliphatic heterocycles. The van der Waals surface area contributed by atoms with Crippen LogP contribution in [0.25, 0.3) is 0 Å². The maximum atomic E-state index is 12.0. The first-order valence-electron chi connectivity index (χ1n) is 7.89. The molecular weight excluding hydrogens is 319 g/mol. The molecule has 1 amide bonds. The van der Waals surface area contributed by atoms with Crippen molar-refractivity contribution >= 4 is 29.1 Å². The summed E-state index contributed by atoms with van der Waals surface area (Å²) in [6, 6.07) is 5.67. The molecule has 3 nitrogen and oxygen atoms in total. The molecule has 1 aliphatic rings. The SMILES string of the molecule is CC(C)CC(=O)N1CCN(CCc2ccc(Cl)cc2Cl)CC1. The van der Waals surface area contributed by atoms with E-state index >= 15 is 0 Å². The van der Waals surface area contributed by atoms with Crippen molar-refractivity contribution in [2.45, 2.75) is 26.7 Å². The van der Waals surface area contributed by atoms with E-state index in [-0.39, 0.29) is 5.91 Å². The van der Waals surface area contributed by atoms with Crippen molar-refractivity contribution in [1.29, 1.82) is 0 Å². The average molecular weight is 343 g/mol. The number of amides is 1. The Bertz CT molecular complexity index is 511. The number of hydrogen-bond acceptors (Lipinski definition) is 2. The zero-order chi connectivity index (χ0) is 16.1. The van der Waals surface area contributed by atoms with Gasteiger partial charge in [0.2, 0.25) is 5.91 Å². The summed E-state index contributed by atoms with van der Waals surface area (Å²) >= 11 is 12.1. The second kappa shape index (κ2) is 8.19. The van der Waals surface area contributed by atoms with Gasteiger partial charge in [-0.25, -0.2) is 0 Å². The zero-order valence-electron chi connectivity index (χ0n) is 13.3. The number of hydrogen-bond donors (Lipinski definition) is 0. The molecule has 0 bridgehead atoms. The minimum absolute atomic E-state index is 0.287. The van der Waals surface area contributed by atoms with E-state index in [9.17, 15) is 4.79 Å². The number of piperazine rings is 1. The fourth-order valence-corrected chi connectivity index (χ4v) is 3.21. The summed E-state index contributed by atoms with van der Waals surface area (Å²) in [5.74, 6) is 0.716. The molecule has 0 atom stereocenters. The molecule has 1 fully saturated rings. The van der Waals surface area contributed by atoms with Crippen LogP contribution in [-0.4, -0.2) is 48.4 Å². The Balaban J connectivity index is 1.77. The highest BCUT2D eigenvalue weighted by Gasteiger charge is 2.21. The lowest BCUT2D eigenvalue weighted by Crippen LogP contribution is -2.49. The maximum absolute atomic E-state index is 12.0. The van der Waals surface area contributed by atoms with Crippen LogP contribution in [-0.2, 0) is 11.2 Å². The highest BCUT2D eigenvalue weighted by atomic mass is 35.5. The summed E-state index contributed by atoms with van der Waals surface area (Å²) in [6.07, 6.45) is 1.57. The predicted molar refractivity (Wildman–Crippen MR) is 92.6 cm³/mol. The predicted octanol–water partition coefficient (Wildman–Crippen LogP) is 3.73. The normalized spacial score (nSPS) is 16.3. The van der Waals surface area contributed by atoms with E-state index in [2.05, 4.69) is 18.7 Å². The van der Waals surface area contributed by atoms with Crippen molar-refractivity contribution in [1.82, 2.24) is 9.80 Å². The molecule has 1 heterocycles. The van der Waals surface area contributed by atoms with Crippen molar-refractivity contribution in [3.63, 3.8) is 0 Å². The van der Waals surface area contributed by atoms with Gasteiger partial charge in [0.15, 0.2) is 0 Å². The lowest BCUT2D eigenvalue weighted by atomic mass is 10.1. The van der Waals surface area contributed by atoms with Crippen LogP contribution in [0.4, 0.5) is 0 Å². The molecular formula is C17H24Cl2N2O. The minimum Gasteiger partial charge on any atom is -0.340 e. The van der Waals surface area contributed by atoms with Crippen LogP contribution < -0.4 is 0 Å². The Hall–Kier alpha value is -0.770. The standard InChI is InChI=1S/C17H24Cl2N2O/c1-13(2)11-17(22)21-9-7-20(8-10-21)6-5-14-3-4-15(18)12-16(14)19/h3-4,12-13H,5-11H2,1-2H3. The monoisotopic (exact) mass is 342 g/mol. The van der Waals surface area contributed by atoms with Gasteiger partial charge in [-0.05, 0) is 30.0 Å². The molecule has 0 radical (unpaired) electrons. The van der Waals surface area contributed by atoms with Gasteiger partial charge in [0.1, 0.15) is 0 Å². The lowest BCUT2D eigenvalue weighted by molar-refractivity contribution is -0.133. The molecule has 1 aromatic rings. The smallest absolute Gasteiger partial charge is 0.222 e. The van der Waals surface area contributed by atoms with Gasteiger partial charge < -0.3 is 4.90 Å². The number of rotatable bonds is 5. The third-order valence-corrected chi connectivity index (χ3v) is 4.61. The van der Waals surface area contributed by atoms with Crippen molar-refractivity contribution in [3.05, 3.63) is 33.8 Å². The summed E-state index contributed by atoms with van der Waals surface area (Å²) in [5.41, 5.74) is 1.13. The first-order chi connectivity index (χ1) is 10.5. The molecule has 122 valence electrons. The molecule has 5 heteroatoms. The van der Waals surface area contributed by atoms with Crippen LogP contribution >= 0.6 is 23.2 Å². The molecule has 22 heavy (non-hydrogen) atoms.